The van der Waals surface area contributed by atoms with Gasteiger partial charge in [0.05, 0.1) is 5.69 Å². The van der Waals surface area contributed by atoms with Crippen molar-refractivity contribution in [3.8, 4) is 0 Å². The zero-order valence-corrected chi connectivity index (χ0v) is 12.7. The Bertz CT molecular complexity index is 502. The smallest absolute Gasteiger partial charge is 0.200 e. The van der Waals surface area contributed by atoms with Gasteiger partial charge in [-0.2, -0.15) is 21.2 Å². The summed E-state index contributed by atoms with van der Waals surface area (Å²) in [5.74, 6) is 0. The van der Waals surface area contributed by atoms with Crippen LogP contribution in [0.1, 0.15) is 5.56 Å². The average Bonchev–Trinajstić information content (AvgIpc) is 2.26. The lowest BCUT2D eigenvalue weighted by Crippen LogP contribution is -2.36. The largest absolute Gasteiger partial charge is 0.324 e. The fraction of sp³-hybridized carbons (Fsp3) is 0.333. The van der Waals surface area contributed by atoms with E-state index in [9.17, 15) is 12.8 Å². The topological polar surface area (TPSA) is 49.4 Å². The maximum Gasteiger partial charge on any atom is 0.324 e. The van der Waals surface area contributed by atoms with Gasteiger partial charge in [0.25, 0.3) is 0 Å². The van der Waals surface area contributed by atoms with E-state index in [1.807, 2.05) is 6.92 Å². The number of hydrogen-bond acceptors (Lipinski definition) is 3. The molecule has 0 saturated heterocycles. The van der Waals surface area contributed by atoms with Gasteiger partial charge in [-0.25, -0.2) is 0 Å². The van der Waals surface area contributed by atoms with Crippen LogP contribution in [-0.4, -0.2) is 19.4 Å². The van der Waals surface area contributed by atoms with E-state index in [1.54, 1.807) is 12.1 Å². The molecule has 4 nitrogen and oxygen atoms in total. The van der Waals surface area contributed by atoms with Gasteiger partial charge in [-0.15, -0.1) is 0 Å². The Morgan fingerprint density at radius 3 is 2.22 bits per heavy atom. The number of hydrogen-bond donors (Lipinski definition) is 1. The summed E-state index contributed by atoms with van der Waals surface area (Å²) < 4.78 is 36.8. The van der Waals surface area contributed by atoms with Gasteiger partial charge in [0.15, 0.2) is 0 Å². The molecular formula is C9H11Cl2FN2O2S2. The van der Waals surface area contributed by atoms with Gasteiger partial charge in [0.1, 0.15) is 0 Å². The second-order valence-electron chi connectivity index (χ2n) is 3.31. The molecule has 0 bridgehead atoms. The SMILES string of the molecule is CNS(=O)(=O)N(SC(F)(Cl)Cl)c1ccc(C)cc1. The minimum Gasteiger partial charge on any atom is -0.200 e. The van der Waals surface area contributed by atoms with Crippen molar-refractivity contribution in [3.63, 3.8) is 0 Å². The van der Waals surface area contributed by atoms with E-state index in [0.717, 1.165) is 5.56 Å². The molecule has 1 rings (SSSR count). The number of aryl methyl sites for hydroxylation is 1. The molecule has 102 valence electrons. The minimum absolute atomic E-state index is 0.139. The van der Waals surface area contributed by atoms with Crippen molar-refractivity contribution in [2.45, 2.75) is 10.8 Å². The summed E-state index contributed by atoms with van der Waals surface area (Å²) in [6.45, 7) is 1.84. The molecular weight excluding hydrogens is 322 g/mol. The highest BCUT2D eigenvalue weighted by Crippen LogP contribution is 2.41. The summed E-state index contributed by atoms with van der Waals surface area (Å²) in [4.78, 5) is 0. The third kappa shape index (κ3) is 4.47. The summed E-state index contributed by atoms with van der Waals surface area (Å²) in [5.41, 5.74) is 1.18. The molecule has 0 aromatic heterocycles. The normalized spacial score (nSPS) is 12.5. The molecule has 0 amide bonds. The van der Waals surface area contributed by atoms with E-state index in [-0.39, 0.29) is 17.6 Å². The molecule has 1 aromatic carbocycles. The van der Waals surface area contributed by atoms with Crippen molar-refractivity contribution < 1.29 is 12.8 Å². The molecule has 0 fully saturated rings. The van der Waals surface area contributed by atoms with Gasteiger partial charge in [0, 0.05) is 19.0 Å². The number of nitrogens with zero attached hydrogens (tertiary/aromatic N) is 1. The van der Waals surface area contributed by atoms with Gasteiger partial charge < -0.3 is 0 Å². The molecule has 0 aliphatic carbocycles. The standard InChI is InChI=1S/C9H11Cl2FN2O2S2/c1-7-3-5-8(6-4-7)14(17-9(10,11)12)18(15,16)13-2/h3-6,13H,1-2H3. The van der Waals surface area contributed by atoms with Crippen molar-refractivity contribution in [1.82, 2.24) is 4.72 Å². The monoisotopic (exact) mass is 332 g/mol. The first-order valence-corrected chi connectivity index (χ1v) is 7.69. The number of anilines is 1. The summed E-state index contributed by atoms with van der Waals surface area (Å²) in [7, 11) is -2.71. The molecule has 0 spiro atoms. The molecule has 0 aliphatic rings. The molecule has 9 heteroatoms. The van der Waals surface area contributed by atoms with Crippen molar-refractivity contribution >= 4 is 51.0 Å². The van der Waals surface area contributed by atoms with E-state index in [4.69, 9.17) is 23.2 Å². The van der Waals surface area contributed by atoms with E-state index in [1.165, 1.54) is 19.2 Å². The van der Waals surface area contributed by atoms with Crippen LogP contribution in [0.15, 0.2) is 24.3 Å². The molecule has 0 radical (unpaired) electrons. The number of benzene rings is 1. The Morgan fingerprint density at radius 1 is 1.33 bits per heavy atom. The number of alkyl halides is 3. The number of nitrogens with one attached hydrogen (secondary N) is 1. The summed E-state index contributed by atoms with van der Waals surface area (Å²) in [5, 5.41) is 0. The lowest BCUT2D eigenvalue weighted by atomic mass is 10.2. The Kier molecular flexibility index (Phi) is 5.13. The Labute approximate surface area is 120 Å². The van der Waals surface area contributed by atoms with Crippen molar-refractivity contribution in [1.29, 1.82) is 0 Å². The first-order chi connectivity index (χ1) is 8.15. The van der Waals surface area contributed by atoms with E-state index >= 15 is 0 Å². The van der Waals surface area contributed by atoms with Gasteiger partial charge >= 0.3 is 14.1 Å². The lowest BCUT2D eigenvalue weighted by Gasteiger charge is -2.24. The third-order valence-electron chi connectivity index (χ3n) is 1.91. The minimum atomic E-state index is -3.92. The summed E-state index contributed by atoms with van der Waals surface area (Å²) in [6, 6.07) is 6.43. The van der Waals surface area contributed by atoms with Crippen LogP contribution < -0.4 is 8.43 Å². The molecule has 1 aromatic rings. The first kappa shape index (κ1) is 15.8. The highest BCUT2D eigenvalue weighted by molar-refractivity contribution is 8.16. The molecule has 1 N–H and O–H groups in total. The first-order valence-electron chi connectivity index (χ1n) is 4.72. The van der Waals surface area contributed by atoms with Crippen LogP contribution in [0, 0.1) is 6.92 Å². The lowest BCUT2D eigenvalue weighted by molar-refractivity contribution is 0.515. The van der Waals surface area contributed by atoms with Crippen LogP contribution in [0.4, 0.5) is 10.1 Å². The predicted octanol–water partition coefficient (Wildman–Crippen LogP) is 2.97. The zero-order chi connectivity index (χ0) is 14.0. The van der Waals surface area contributed by atoms with Crippen LogP contribution in [-0.2, 0) is 10.2 Å². The van der Waals surface area contributed by atoms with Gasteiger partial charge in [0.2, 0.25) is 0 Å². The van der Waals surface area contributed by atoms with Gasteiger partial charge in [-0.1, -0.05) is 40.9 Å². The van der Waals surface area contributed by atoms with E-state index in [2.05, 4.69) is 4.72 Å². The van der Waals surface area contributed by atoms with Crippen molar-refractivity contribution in [3.05, 3.63) is 29.8 Å². The third-order valence-corrected chi connectivity index (χ3v) is 4.88. The van der Waals surface area contributed by atoms with E-state index in [0.29, 0.717) is 3.71 Å². The fourth-order valence-electron chi connectivity index (χ4n) is 1.08. The Morgan fingerprint density at radius 2 is 1.83 bits per heavy atom. The second-order valence-corrected chi connectivity index (χ2v) is 8.06. The van der Waals surface area contributed by atoms with Gasteiger partial charge in [-0.3, -0.25) is 0 Å². The van der Waals surface area contributed by atoms with Crippen molar-refractivity contribution in [2.75, 3.05) is 10.8 Å². The summed E-state index contributed by atoms with van der Waals surface area (Å²) in [6.07, 6.45) is 0. The maximum atomic E-state index is 13.2. The fourth-order valence-corrected chi connectivity index (χ4v) is 3.65. The summed E-state index contributed by atoms with van der Waals surface area (Å²) >= 11 is 10.5. The van der Waals surface area contributed by atoms with Crippen LogP contribution in [0.2, 0.25) is 0 Å². The molecule has 0 heterocycles. The van der Waals surface area contributed by atoms with Gasteiger partial charge in [-0.05, 0) is 19.1 Å². The predicted molar refractivity (Wildman–Crippen MR) is 74.8 cm³/mol. The molecule has 0 unspecified atom stereocenters. The zero-order valence-electron chi connectivity index (χ0n) is 9.52. The maximum absolute atomic E-state index is 13.2. The average molecular weight is 333 g/mol. The molecule has 18 heavy (non-hydrogen) atoms. The molecule has 0 atom stereocenters. The second kappa shape index (κ2) is 5.83. The number of halogens is 3. The van der Waals surface area contributed by atoms with E-state index < -0.39 is 14.1 Å². The van der Waals surface area contributed by atoms with Crippen molar-refractivity contribution in [2.24, 2.45) is 0 Å². The van der Waals surface area contributed by atoms with Crippen LogP contribution in [0.25, 0.3) is 0 Å². The molecule has 0 saturated carbocycles. The Hall–Kier alpha value is -0.210. The van der Waals surface area contributed by atoms with Crippen LogP contribution >= 0.6 is 35.1 Å². The highest BCUT2D eigenvalue weighted by atomic mass is 35.5. The Balaban J connectivity index is 3.17. The highest BCUT2D eigenvalue weighted by Gasteiger charge is 2.34. The quantitative estimate of drug-likeness (QED) is 0.666. The number of rotatable bonds is 5. The molecule has 0 aliphatic heterocycles. The van der Waals surface area contributed by atoms with Crippen LogP contribution in [0.3, 0.4) is 0 Å². The van der Waals surface area contributed by atoms with Crippen LogP contribution in [0.5, 0.6) is 0 Å².